The molecule has 3 aromatic heterocycles. The van der Waals surface area contributed by atoms with Crippen LogP contribution in [0, 0.1) is 0 Å². The highest BCUT2D eigenvalue weighted by Gasteiger charge is 2.24. The summed E-state index contributed by atoms with van der Waals surface area (Å²) in [6, 6.07) is 5.51. The van der Waals surface area contributed by atoms with Crippen LogP contribution in [0.3, 0.4) is 0 Å². The average Bonchev–Trinajstić information content (AvgIpc) is 3.22. The molecule has 6 rings (SSSR count). The third kappa shape index (κ3) is 4.32. The molecule has 3 N–H and O–H groups in total. The van der Waals surface area contributed by atoms with Gasteiger partial charge in [-0.3, -0.25) is 4.79 Å². The molecule has 0 unspecified atom stereocenters. The third-order valence-electron chi connectivity index (χ3n) is 6.66. The van der Waals surface area contributed by atoms with Gasteiger partial charge in [0.15, 0.2) is 5.65 Å². The van der Waals surface area contributed by atoms with Gasteiger partial charge >= 0.3 is 0 Å². The van der Waals surface area contributed by atoms with Crippen LogP contribution in [-0.4, -0.2) is 32.6 Å². The van der Waals surface area contributed by atoms with E-state index in [4.69, 9.17) is 4.98 Å². The Labute approximate surface area is 197 Å². The van der Waals surface area contributed by atoms with Gasteiger partial charge in [0.1, 0.15) is 5.82 Å². The molecule has 1 aliphatic heterocycles. The number of anilines is 1. The minimum atomic E-state index is -0.0236. The highest BCUT2D eigenvalue weighted by atomic mass is 32.1. The molecule has 33 heavy (non-hydrogen) atoms. The number of aromatic nitrogens is 3. The van der Waals surface area contributed by atoms with Gasteiger partial charge in [-0.25, -0.2) is 4.98 Å². The Balaban J connectivity index is 1.34. The highest BCUT2D eigenvalue weighted by Crippen LogP contribution is 2.32. The maximum Gasteiger partial charge on any atom is 0.228 e. The molecule has 0 bridgehead atoms. The van der Waals surface area contributed by atoms with E-state index in [2.05, 4.69) is 45.1 Å². The molecule has 170 valence electrons. The molecule has 2 aliphatic carbocycles. The van der Waals surface area contributed by atoms with E-state index in [1.165, 1.54) is 43.4 Å². The van der Waals surface area contributed by atoms with Gasteiger partial charge in [0.2, 0.25) is 5.91 Å². The number of nitrogens with zero attached hydrogens (tertiary/aromatic N) is 3. The molecular weight excluding hydrogens is 432 g/mol. The average molecular weight is 461 g/mol. The molecule has 2 saturated carbocycles. The van der Waals surface area contributed by atoms with Crippen LogP contribution >= 0.6 is 11.3 Å². The van der Waals surface area contributed by atoms with E-state index in [9.17, 15) is 4.79 Å². The number of nitrogens with one attached hydrogen (secondary N) is 3. The van der Waals surface area contributed by atoms with E-state index in [0.29, 0.717) is 24.2 Å². The molecule has 3 aromatic rings. The van der Waals surface area contributed by atoms with E-state index in [-0.39, 0.29) is 5.91 Å². The highest BCUT2D eigenvalue weighted by molar-refractivity contribution is 7.10. The Morgan fingerprint density at radius 1 is 1.21 bits per heavy atom. The summed E-state index contributed by atoms with van der Waals surface area (Å²) in [5, 5.41) is 16.9. The molecular formula is C25H28N6OS. The molecule has 1 amide bonds. The van der Waals surface area contributed by atoms with Crippen LogP contribution < -0.4 is 16.0 Å². The summed E-state index contributed by atoms with van der Waals surface area (Å²) >= 11 is 1.78. The molecule has 3 fully saturated rings. The number of carbonyl (C=O) groups excluding carboxylic acids is 1. The Kier molecular flexibility index (Phi) is 5.27. The first-order valence-corrected chi connectivity index (χ1v) is 12.7. The lowest BCUT2D eigenvalue weighted by molar-refractivity contribution is -0.118. The van der Waals surface area contributed by atoms with Crippen molar-refractivity contribution in [1.82, 2.24) is 25.2 Å². The van der Waals surface area contributed by atoms with E-state index in [1.54, 1.807) is 11.3 Å². The summed E-state index contributed by atoms with van der Waals surface area (Å²) in [6.07, 6.45) is 11.8. The number of amides is 1. The number of hydrogen-bond donors (Lipinski definition) is 3. The number of carbonyl (C=O) groups is 1. The minimum Gasteiger partial charge on any atom is -0.367 e. The summed E-state index contributed by atoms with van der Waals surface area (Å²) < 4.78 is 1.87. The smallest absolute Gasteiger partial charge is 0.228 e. The Hall–Kier alpha value is -2.97. The van der Waals surface area contributed by atoms with Crippen molar-refractivity contribution in [3.05, 3.63) is 52.0 Å². The number of hydrogen-bond acceptors (Lipinski definition) is 6. The standard InChI is InChI=1S/C25H28N6OS/c1-15-16(10-24(32)28-15)8-17-12-27-31-23(29-20-6-7-20)11-22(30-25(17)31)18-9-21(33-14-18)13-26-19-4-2-3-5-19/h8-9,11-12,14,19-20,26,29H,1-7,10,13H2,(H,28,32)/b16-8+. The molecule has 0 spiro atoms. The lowest BCUT2D eigenvalue weighted by Crippen LogP contribution is -2.24. The van der Waals surface area contributed by atoms with Gasteiger partial charge in [-0.05, 0) is 43.4 Å². The monoisotopic (exact) mass is 460 g/mol. The van der Waals surface area contributed by atoms with Crippen LogP contribution in [0.25, 0.3) is 23.0 Å². The Bertz CT molecular complexity index is 1260. The molecule has 3 aliphatic rings. The summed E-state index contributed by atoms with van der Waals surface area (Å²) in [4.78, 5) is 18.1. The van der Waals surface area contributed by atoms with E-state index >= 15 is 0 Å². The molecule has 0 radical (unpaired) electrons. The second-order valence-electron chi connectivity index (χ2n) is 9.32. The SMILES string of the molecule is C=C1NC(=O)C/C1=C\c1cnn2c(NC3CC3)cc(-c3csc(CNC4CCCC4)c3)nc12. The fourth-order valence-electron chi connectivity index (χ4n) is 4.65. The Morgan fingerprint density at radius 3 is 2.82 bits per heavy atom. The van der Waals surface area contributed by atoms with Crippen molar-refractivity contribution in [1.29, 1.82) is 0 Å². The molecule has 0 atom stereocenters. The topological polar surface area (TPSA) is 83.4 Å². The number of fused-ring (bicyclic) bond motifs is 1. The third-order valence-corrected chi connectivity index (χ3v) is 7.59. The normalized spacial score (nSPS) is 20.3. The van der Waals surface area contributed by atoms with Gasteiger partial charge < -0.3 is 16.0 Å². The van der Waals surface area contributed by atoms with Gasteiger partial charge in [0.25, 0.3) is 0 Å². The number of thiophene rings is 1. The second-order valence-corrected chi connectivity index (χ2v) is 10.3. The van der Waals surface area contributed by atoms with Gasteiger partial charge in [0.05, 0.1) is 18.3 Å². The van der Waals surface area contributed by atoms with Crippen molar-refractivity contribution in [2.24, 2.45) is 0 Å². The molecule has 8 heteroatoms. The van der Waals surface area contributed by atoms with Gasteiger partial charge in [-0.2, -0.15) is 9.61 Å². The van der Waals surface area contributed by atoms with Gasteiger partial charge in [-0.1, -0.05) is 19.4 Å². The molecule has 0 aromatic carbocycles. The summed E-state index contributed by atoms with van der Waals surface area (Å²) in [6.45, 7) is 4.88. The maximum atomic E-state index is 11.8. The van der Waals surface area contributed by atoms with Crippen molar-refractivity contribution in [3.63, 3.8) is 0 Å². The summed E-state index contributed by atoms with van der Waals surface area (Å²) in [5.41, 5.74) is 5.28. The van der Waals surface area contributed by atoms with Gasteiger partial charge in [-0.15, -0.1) is 11.3 Å². The van der Waals surface area contributed by atoms with Crippen molar-refractivity contribution in [2.75, 3.05) is 5.32 Å². The van der Waals surface area contributed by atoms with Crippen molar-refractivity contribution in [3.8, 4) is 11.3 Å². The van der Waals surface area contributed by atoms with Crippen LogP contribution in [0.15, 0.2) is 41.6 Å². The largest absolute Gasteiger partial charge is 0.367 e. The second kappa shape index (κ2) is 8.43. The lowest BCUT2D eigenvalue weighted by atomic mass is 10.1. The van der Waals surface area contributed by atoms with Crippen LogP contribution in [0.4, 0.5) is 5.82 Å². The molecule has 1 saturated heterocycles. The van der Waals surface area contributed by atoms with E-state index in [1.807, 2.05) is 16.8 Å². The Morgan fingerprint density at radius 2 is 2.06 bits per heavy atom. The maximum absolute atomic E-state index is 11.8. The fourth-order valence-corrected chi connectivity index (χ4v) is 5.48. The van der Waals surface area contributed by atoms with Crippen molar-refractivity contribution >= 4 is 34.8 Å². The quantitative estimate of drug-likeness (QED) is 0.484. The first-order chi connectivity index (χ1) is 16.1. The summed E-state index contributed by atoms with van der Waals surface area (Å²) in [5.74, 6) is 0.933. The van der Waals surface area contributed by atoms with Crippen LogP contribution in [-0.2, 0) is 11.3 Å². The van der Waals surface area contributed by atoms with E-state index in [0.717, 1.165) is 40.4 Å². The van der Waals surface area contributed by atoms with Gasteiger partial charge in [0, 0.05) is 51.8 Å². The number of allylic oxidation sites excluding steroid dienone is 1. The fraction of sp³-hybridized carbons (Fsp3) is 0.400. The van der Waals surface area contributed by atoms with Crippen LogP contribution in [0.1, 0.15) is 55.4 Å². The number of rotatable bonds is 7. The van der Waals surface area contributed by atoms with Crippen LogP contribution in [0.5, 0.6) is 0 Å². The first-order valence-electron chi connectivity index (χ1n) is 11.8. The lowest BCUT2D eigenvalue weighted by Gasteiger charge is -2.10. The summed E-state index contributed by atoms with van der Waals surface area (Å²) in [7, 11) is 0. The van der Waals surface area contributed by atoms with Crippen molar-refractivity contribution < 1.29 is 4.79 Å². The minimum absolute atomic E-state index is 0.0236. The van der Waals surface area contributed by atoms with Crippen LogP contribution in [0.2, 0.25) is 0 Å². The zero-order valence-electron chi connectivity index (χ0n) is 18.6. The zero-order chi connectivity index (χ0) is 22.4. The molecule has 7 nitrogen and oxygen atoms in total. The first kappa shape index (κ1) is 20.6. The predicted octanol–water partition coefficient (Wildman–Crippen LogP) is 4.48. The zero-order valence-corrected chi connectivity index (χ0v) is 19.4. The van der Waals surface area contributed by atoms with Crippen molar-refractivity contribution in [2.45, 2.75) is 63.6 Å². The predicted molar refractivity (Wildman–Crippen MR) is 132 cm³/mol. The van der Waals surface area contributed by atoms with E-state index < -0.39 is 0 Å². The molecule has 4 heterocycles.